The lowest BCUT2D eigenvalue weighted by molar-refractivity contribution is 0.0957. The molecule has 108 valence electrons. The monoisotopic (exact) mass is 272 g/mol. The molecule has 3 heteroatoms. The lowest BCUT2D eigenvalue weighted by atomic mass is 10.1. The van der Waals surface area contributed by atoms with Crippen molar-refractivity contribution in [2.45, 2.75) is 20.3 Å². The number of carbonyl (C=O) groups excluding carboxylic acids is 1. The molecule has 0 bridgehead atoms. The first-order valence-corrected chi connectivity index (χ1v) is 6.80. The fraction of sp³-hybridized carbons (Fsp3) is 0.294. The van der Waals surface area contributed by atoms with E-state index >= 15 is 0 Å². The molecule has 0 saturated heterocycles. The van der Waals surface area contributed by atoms with Gasteiger partial charge in [-0.15, -0.1) is 0 Å². The summed E-state index contributed by atoms with van der Waals surface area (Å²) in [6, 6.07) is 3.50. The number of nitrogens with one attached hydrogen (secondary N) is 1. The second-order valence-corrected chi connectivity index (χ2v) is 4.93. The molecule has 1 rings (SSSR count). The van der Waals surface area contributed by atoms with Crippen LogP contribution in [0.1, 0.15) is 32.1 Å². The van der Waals surface area contributed by atoms with E-state index in [0.717, 1.165) is 12.0 Å². The fourth-order valence-electron chi connectivity index (χ4n) is 1.56. The number of pyridine rings is 1. The average molecular weight is 272 g/mol. The van der Waals surface area contributed by atoms with Crippen molar-refractivity contribution in [1.29, 1.82) is 0 Å². The van der Waals surface area contributed by atoms with Gasteiger partial charge in [0.15, 0.2) is 0 Å². The Labute approximate surface area is 122 Å². The molecule has 20 heavy (non-hydrogen) atoms. The normalized spacial score (nSPS) is 11.8. The van der Waals surface area contributed by atoms with E-state index in [0.29, 0.717) is 18.0 Å². The van der Waals surface area contributed by atoms with Gasteiger partial charge < -0.3 is 5.32 Å². The van der Waals surface area contributed by atoms with Gasteiger partial charge in [0.1, 0.15) is 0 Å². The largest absolute Gasteiger partial charge is 0.348 e. The molecule has 1 aromatic rings. The third kappa shape index (κ3) is 6.14. The van der Waals surface area contributed by atoms with Crippen molar-refractivity contribution < 1.29 is 6.22 Å². The van der Waals surface area contributed by atoms with Crippen LogP contribution in [0.4, 0.5) is 0 Å². The molecule has 1 amide bonds. The standard InChI is InChI=1S/C17H22N2O.H2/c1-4-5-7-15(10-9-14(2)3)12-19-17(20)16-8-6-11-18-13-16;/h4-8,10-11,13-14H,1,9,12H2,2-3H3,(H,19,20);1H/b7-5-,15-10+;. The molecule has 0 aliphatic heterocycles. The van der Waals surface area contributed by atoms with Gasteiger partial charge >= 0.3 is 0 Å². The molecular weight excluding hydrogens is 248 g/mol. The van der Waals surface area contributed by atoms with E-state index in [1.807, 2.05) is 12.2 Å². The van der Waals surface area contributed by atoms with Crippen molar-refractivity contribution >= 4 is 5.91 Å². The van der Waals surface area contributed by atoms with Crippen LogP contribution >= 0.6 is 0 Å². The Morgan fingerprint density at radius 3 is 2.95 bits per heavy atom. The number of amides is 1. The average Bonchev–Trinajstić information content (AvgIpc) is 2.46. The molecule has 0 aliphatic carbocycles. The van der Waals surface area contributed by atoms with E-state index in [9.17, 15) is 4.79 Å². The number of hydrogen-bond donors (Lipinski definition) is 1. The second-order valence-electron chi connectivity index (χ2n) is 4.93. The summed E-state index contributed by atoms with van der Waals surface area (Å²) in [4.78, 5) is 15.9. The van der Waals surface area contributed by atoms with Crippen LogP contribution in [0.3, 0.4) is 0 Å². The van der Waals surface area contributed by atoms with Crippen LogP contribution in [0.5, 0.6) is 0 Å². The Hall–Kier alpha value is -2.16. The lowest BCUT2D eigenvalue weighted by Gasteiger charge is -2.07. The highest BCUT2D eigenvalue weighted by Crippen LogP contribution is 2.06. The first-order chi connectivity index (χ1) is 9.63. The topological polar surface area (TPSA) is 42.0 Å². The number of aromatic nitrogens is 1. The summed E-state index contributed by atoms with van der Waals surface area (Å²) in [5.41, 5.74) is 1.65. The van der Waals surface area contributed by atoms with E-state index < -0.39 is 0 Å². The van der Waals surface area contributed by atoms with Crippen LogP contribution in [0.25, 0.3) is 0 Å². The van der Waals surface area contributed by atoms with Crippen molar-refractivity contribution in [3.63, 3.8) is 0 Å². The molecule has 1 N–H and O–H groups in total. The molecule has 0 fully saturated rings. The Bertz CT molecular complexity index is 493. The van der Waals surface area contributed by atoms with Crippen molar-refractivity contribution in [2.24, 2.45) is 5.92 Å². The van der Waals surface area contributed by atoms with Gasteiger partial charge in [0.05, 0.1) is 5.56 Å². The summed E-state index contributed by atoms with van der Waals surface area (Å²) < 4.78 is 0. The van der Waals surface area contributed by atoms with Gasteiger partial charge in [0, 0.05) is 20.4 Å². The van der Waals surface area contributed by atoms with Gasteiger partial charge in [-0.05, 0) is 30.0 Å². The minimum Gasteiger partial charge on any atom is -0.348 e. The van der Waals surface area contributed by atoms with Crippen LogP contribution < -0.4 is 5.32 Å². The first kappa shape index (κ1) is 15.9. The Morgan fingerprint density at radius 2 is 2.35 bits per heavy atom. The Kier molecular flexibility index (Phi) is 7.04. The first-order valence-electron chi connectivity index (χ1n) is 6.80. The predicted molar refractivity (Wildman–Crippen MR) is 85.6 cm³/mol. The Morgan fingerprint density at radius 1 is 1.55 bits per heavy atom. The van der Waals surface area contributed by atoms with E-state index in [-0.39, 0.29) is 7.33 Å². The summed E-state index contributed by atoms with van der Waals surface area (Å²) in [5, 5.41) is 2.90. The summed E-state index contributed by atoms with van der Waals surface area (Å²) in [5.74, 6) is 0.483. The number of rotatable bonds is 7. The van der Waals surface area contributed by atoms with Gasteiger partial charge in [-0.3, -0.25) is 9.78 Å². The molecule has 1 heterocycles. The second kappa shape index (κ2) is 8.86. The van der Waals surface area contributed by atoms with Gasteiger partial charge in [-0.25, -0.2) is 0 Å². The van der Waals surface area contributed by atoms with E-state index in [2.05, 4.69) is 36.8 Å². The summed E-state index contributed by atoms with van der Waals surface area (Å²) in [6.45, 7) is 8.50. The highest BCUT2D eigenvalue weighted by atomic mass is 16.1. The minimum atomic E-state index is -0.111. The molecule has 0 aromatic carbocycles. The third-order valence-electron chi connectivity index (χ3n) is 2.67. The van der Waals surface area contributed by atoms with Gasteiger partial charge in [-0.1, -0.05) is 44.7 Å². The zero-order chi connectivity index (χ0) is 14.8. The van der Waals surface area contributed by atoms with Gasteiger partial charge in [0.2, 0.25) is 0 Å². The van der Waals surface area contributed by atoms with Crippen LogP contribution in [-0.4, -0.2) is 17.4 Å². The van der Waals surface area contributed by atoms with Crippen LogP contribution in [0, 0.1) is 5.92 Å². The van der Waals surface area contributed by atoms with Crippen molar-refractivity contribution in [3.8, 4) is 0 Å². The molecule has 1 aromatic heterocycles. The van der Waals surface area contributed by atoms with Gasteiger partial charge in [-0.2, -0.15) is 0 Å². The van der Waals surface area contributed by atoms with Gasteiger partial charge in [0.25, 0.3) is 5.91 Å². The maximum Gasteiger partial charge on any atom is 0.253 e. The number of carbonyl (C=O) groups is 1. The zero-order valence-corrected chi connectivity index (χ0v) is 12.2. The quantitative estimate of drug-likeness (QED) is 0.768. The summed E-state index contributed by atoms with van der Waals surface area (Å²) in [6.07, 6.45) is 11.9. The molecule has 0 saturated carbocycles. The number of hydrogen-bond acceptors (Lipinski definition) is 2. The van der Waals surface area contributed by atoms with Crippen molar-refractivity contribution in [3.05, 3.63) is 66.5 Å². The fourth-order valence-corrected chi connectivity index (χ4v) is 1.56. The third-order valence-corrected chi connectivity index (χ3v) is 2.67. The maximum absolute atomic E-state index is 11.9. The predicted octanol–water partition coefficient (Wildman–Crippen LogP) is 3.77. The lowest BCUT2D eigenvalue weighted by Crippen LogP contribution is -2.25. The zero-order valence-electron chi connectivity index (χ0n) is 12.2. The molecule has 0 spiro atoms. The number of allylic oxidation sites excluding steroid dienone is 3. The molecule has 3 nitrogen and oxygen atoms in total. The number of nitrogens with zero attached hydrogens (tertiary/aromatic N) is 1. The van der Waals surface area contributed by atoms with Crippen molar-refractivity contribution in [1.82, 2.24) is 10.3 Å². The van der Waals surface area contributed by atoms with E-state index in [1.54, 1.807) is 30.6 Å². The van der Waals surface area contributed by atoms with Crippen LogP contribution in [0.2, 0.25) is 0 Å². The van der Waals surface area contributed by atoms with Crippen molar-refractivity contribution in [2.75, 3.05) is 6.54 Å². The maximum atomic E-state index is 11.9. The molecule has 0 radical (unpaired) electrons. The summed E-state index contributed by atoms with van der Waals surface area (Å²) in [7, 11) is 0. The molecule has 0 atom stereocenters. The summed E-state index contributed by atoms with van der Waals surface area (Å²) >= 11 is 0. The van der Waals surface area contributed by atoms with Crippen LogP contribution in [-0.2, 0) is 0 Å². The van der Waals surface area contributed by atoms with E-state index in [4.69, 9.17) is 0 Å². The molecule has 0 unspecified atom stereocenters. The highest BCUT2D eigenvalue weighted by molar-refractivity contribution is 5.93. The molecular formula is C17H24N2O. The smallest absolute Gasteiger partial charge is 0.253 e. The highest BCUT2D eigenvalue weighted by Gasteiger charge is 2.04. The molecule has 0 aliphatic rings. The van der Waals surface area contributed by atoms with Crippen LogP contribution in [0.15, 0.2) is 61.0 Å². The van der Waals surface area contributed by atoms with E-state index in [1.165, 1.54) is 0 Å². The Balaban J connectivity index is 0.00000400. The minimum absolute atomic E-state index is 0. The SMILES string of the molecule is C=C/C=C\C(=C/CC(C)C)CNC(=O)c1cccnc1.[HH].